The van der Waals surface area contributed by atoms with Gasteiger partial charge in [-0.2, -0.15) is 0 Å². The third-order valence-corrected chi connectivity index (χ3v) is 4.66. The Bertz CT molecular complexity index is 539. The van der Waals surface area contributed by atoms with E-state index >= 15 is 0 Å². The van der Waals surface area contributed by atoms with E-state index in [4.69, 9.17) is 0 Å². The molecule has 3 atom stereocenters. The second kappa shape index (κ2) is 5.20. The number of nitrogens with one attached hydrogen (secondary N) is 1. The molecule has 1 aromatic heterocycles. The van der Waals surface area contributed by atoms with Crippen molar-refractivity contribution in [1.29, 1.82) is 0 Å². The Hall–Kier alpha value is -1.36. The highest BCUT2D eigenvalue weighted by molar-refractivity contribution is 5.40. The lowest BCUT2D eigenvalue weighted by molar-refractivity contribution is 0.470. The van der Waals surface area contributed by atoms with Crippen molar-refractivity contribution in [3.8, 4) is 0 Å². The van der Waals surface area contributed by atoms with E-state index in [1.165, 1.54) is 0 Å². The predicted molar refractivity (Wildman–Crippen MR) is 80.0 cm³/mol. The van der Waals surface area contributed by atoms with Gasteiger partial charge in [-0.3, -0.25) is 4.79 Å². The molecule has 3 heterocycles. The van der Waals surface area contributed by atoms with E-state index in [1.54, 1.807) is 17.0 Å². The maximum absolute atomic E-state index is 12.6. The van der Waals surface area contributed by atoms with Crippen molar-refractivity contribution in [2.75, 3.05) is 24.5 Å². The third kappa shape index (κ3) is 2.24. The van der Waals surface area contributed by atoms with Crippen LogP contribution in [0.4, 0.5) is 5.82 Å². The monoisotopic (exact) mass is 276 g/mol. The molecule has 0 spiro atoms. The molecule has 3 rings (SSSR count). The summed E-state index contributed by atoms with van der Waals surface area (Å²) >= 11 is 0. The lowest BCUT2D eigenvalue weighted by Crippen LogP contribution is -2.39. The Balaban J connectivity index is 1.89. The van der Waals surface area contributed by atoms with E-state index in [2.05, 4.69) is 36.0 Å². The van der Waals surface area contributed by atoms with Crippen LogP contribution in [0.5, 0.6) is 0 Å². The second-order valence-electron chi connectivity index (χ2n) is 6.58. The Morgan fingerprint density at radius 3 is 2.95 bits per heavy atom. The molecule has 2 saturated heterocycles. The first-order valence-corrected chi connectivity index (χ1v) is 7.60. The molecule has 2 fully saturated rings. The van der Waals surface area contributed by atoms with Crippen LogP contribution in [0.3, 0.4) is 0 Å². The van der Waals surface area contributed by atoms with E-state index in [-0.39, 0.29) is 5.56 Å². The van der Waals surface area contributed by atoms with Gasteiger partial charge in [0, 0.05) is 44.6 Å². The molecule has 0 amide bonds. The van der Waals surface area contributed by atoms with Gasteiger partial charge >= 0.3 is 0 Å². The van der Waals surface area contributed by atoms with Crippen molar-refractivity contribution < 1.29 is 0 Å². The van der Waals surface area contributed by atoms with Gasteiger partial charge in [-0.25, -0.2) is 4.98 Å². The van der Waals surface area contributed by atoms with Crippen molar-refractivity contribution in [3.05, 3.63) is 22.7 Å². The number of anilines is 1. The van der Waals surface area contributed by atoms with Crippen molar-refractivity contribution in [2.24, 2.45) is 17.8 Å². The summed E-state index contributed by atoms with van der Waals surface area (Å²) in [5, 5.41) is 3.45. The van der Waals surface area contributed by atoms with Crippen LogP contribution in [0.2, 0.25) is 0 Å². The van der Waals surface area contributed by atoms with Gasteiger partial charge < -0.3 is 14.8 Å². The molecule has 0 radical (unpaired) electrons. The van der Waals surface area contributed by atoms with Crippen molar-refractivity contribution in [2.45, 2.75) is 33.4 Å². The quantitative estimate of drug-likeness (QED) is 0.893. The van der Waals surface area contributed by atoms with Gasteiger partial charge in [0.25, 0.3) is 5.56 Å². The van der Waals surface area contributed by atoms with Gasteiger partial charge in [-0.05, 0) is 24.7 Å². The van der Waals surface area contributed by atoms with E-state index in [9.17, 15) is 4.79 Å². The number of fused-ring (bicyclic) bond motifs is 1. The van der Waals surface area contributed by atoms with E-state index in [1.807, 2.05) is 0 Å². The zero-order chi connectivity index (χ0) is 14.3. The number of hydrogen-bond donors (Lipinski definition) is 1. The smallest absolute Gasteiger partial charge is 0.293 e. The lowest BCUT2D eigenvalue weighted by Gasteiger charge is -2.25. The molecule has 0 aliphatic carbocycles. The Morgan fingerprint density at radius 2 is 2.25 bits per heavy atom. The van der Waals surface area contributed by atoms with Crippen LogP contribution in [0.25, 0.3) is 0 Å². The standard InChI is InChI=1S/C15H24N4O/c1-10(2)8-18-5-4-17-14(15(18)20)19-9-12-6-16-7-13(12)11(19)3/h4-5,10-13,16H,6-9H2,1-3H3. The molecule has 5 nitrogen and oxygen atoms in total. The van der Waals surface area contributed by atoms with Crippen LogP contribution in [0, 0.1) is 17.8 Å². The highest BCUT2D eigenvalue weighted by atomic mass is 16.1. The zero-order valence-corrected chi connectivity index (χ0v) is 12.5. The number of hydrogen-bond acceptors (Lipinski definition) is 4. The molecule has 5 heteroatoms. The van der Waals surface area contributed by atoms with Crippen LogP contribution >= 0.6 is 0 Å². The first kappa shape index (κ1) is 13.6. The van der Waals surface area contributed by atoms with Crippen LogP contribution in [-0.2, 0) is 6.54 Å². The third-order valence-electron chi connectivity index (χ3n) is 4.66. The summed E-state index contributed by atoms with van der Waals surface area (Å²) in [5.41, 5.74) is 0.0565. The summed E-state index contributed by atoms with van der Waals surface area (Å²) in [6, 6.07) is 0.394. The molecule has 20 heavy (non-hydrogen) atoms. The molecule has 0 saturated carbocycles. The van der Waals surface area contributed by atoms with Crippen LogP contribution in [0.15, 0.2) is 17.2 Å². The number of aromatic nitrogens is 2. The Morgan fingerprint density at radius 1 is 1.45 bits per heavy atom. The predicted octanol–water partition coefficient (Wildman–Crippen LogP) is 0.943. The van der Waals surface area contributed by atoms with Gasteiger partial charge in [-0.15, -0.1) is 0 Å². The topological polar surface area (TPSA) is 50.2 Å². The first-order chi connectivity index (χ1) is 9.58. The molecule has 3 unspecified atom stereocenters. The highest BCUT2D eigenvalue weighted by Gasteiger charge is 2.43. The average Bonchev–Trinajstić information content (AvgIpc) is 2.95. The summed E-state index contributed by atoms with van der Waals surface area (Å²) in [7, 11) is 0. The minimum absolute atomic E-state index is 0.0565. The number of rotatable bonds is 3. The fourth-order valence-electron chi connectivity index (χ4n) is 3.62. The summed E-state index contributed by atoms with van der Waals surface area (Å²) in [6.45, 7) is 10.3. The Labute approximate surface area is 120 Å². The fourth-order valence-corrected chi connectivity index (χ4v) is 3.62. The maximum atomic E-state index is 12.6. The normalized spacial score (nSPS) is 29.2. The summed E-state index contributed by atoms with van der Waals surface area (Å²) in [5.74, 6) is 2.40. The van der Waals surface area contributed by atoms with Crippen molar-refractivity contribution >= 4 is 5.82 Å². The molecule has 2 aliphatic heterocycles. The van der Waals surface area contributed by atoms with Crippen LogP contribution in [-0.4, -0.2) is 35.2 Å². The zero-order valence-electron chi connectivity index (χ0n) is 12.5. The van der Waals surface area contributed by atoms with Gasteiger partial charge in [0.1, 0.15) is 0 Å². The van der Waals surface area contributed by atoms with E-state index in [0.29, 0.717) is 29.6 Å². The molecule has 110 valence electrons. The average molecular weight is 276 g/mol. The minimum Gasteiger partial charge on any atom is -0.349 e. The summed E-state index contributed by atoms with van der Waals surface area (Å²) in [6.07, 6.45) is 3.56. The van der Waals surface area contributed by atoms with Gasteiger partial charge in [0.2, 0.25) is 0 Å². The molecular formula is C15H24N4O. The molecular weight excluding hydrogens is 252 g/mol. The van der Waals surface area contributed by atoms with E-state index < -0.39 is 0 Å². The second-order valence-corrected chi connectivity index (χ2v) is 6.58. The van der Waals surface area contributed by atoms with Gasteiger partial charge in [0.15, 0.2) is 5.82 Å². The van der Waals surface area contributed by atoms with Crippen LogP contribution in [0.1, 0.15) is 20.8 Å². The highest BCUT2D eigenvalue weighted by Crippen LogP contribution is 2.33. The largest absolute Gasteiger partial charge is 0.349 e. The molecule has 2 aliphatic rings. The SMILES string of the molecule is CC(C)Cn1ccnc(N2CC3CNCC3C2C)c1=O. The minimum atomic E-state index is 0.0565. The first-order valence-electron chi connectivity index (χ1n) is 7.60. The molecule has 1 N–H and O–H groups in total. The van der Waals surface area contributed by atoms with Gasteiger partial charge in [0.05, 0.1) is 0 Å². The molecule has 0 aromatic carbocycles. The van der Waals surface area contributed by atoms with Crippen molar-refractivity contribution in [1.82, 2.24) is 14.9 Å². The fraction of sp³-hybridized carbons (Fsp3) is 0.733. The molecule has 0 bridgehead atoms. The summed E-state index contributed by atoms with van der Waals surface area (Å²) < 4.78 is 1.80. The van der Waals surface area contributed by atoms with Crippen molar-refractivity contribution in [3.63, 3.8) is 0 Å². The maximum Gasteiger partial charge on any atom is 0.293 e. The Kier molecular flexibility index (Phi) is 3.54. The van der Waals surface area contributed by atoms with Crippen LogP contribution < -0.4 is 15.8 Å². The lowest BCUT2D eigenvalue weighted by atomic mass is 9.95. The molecule has 1 aromatic rings. The van der Waals surface area contributed by atoms with Gasteiger partial charge in [-0.1, -0.05) is 13.8 Å². The number of nitrogens with zero attached hydrogens (tertiary/aromatic N) is 3. The summed E-state index contributed by atoms with van der Waals surface area (Å²) in [4.78, 5) is 19.2. The van der Waals surface area contributed by atoms with E-state index in [0.717, 1.165) is 26.2 Å².